The summed E-state index contributed by atoms with van der Waals surface area (Å²) >= 11 is 1.72. The highest BCUT2D eigenvalue weighted by atomic mass is 32.1. The summed E-state index contributed by atoms with van der Waals surface area (Å²) in [6.07, 6.45) is 4.86. The fourth-order valence-corrected chi connectivity index (χ4v) is 3.56. The highest BCUT2D eigenvalue weighted by molar-refractivity contribution is 7.18. The van der Waals surface area contributed by atoms with Gasteiger partial charge < -0.3 is 4.57 Å². The van der Waals surface area contributed by atoms with Crippen molar-refractivity contribution in [1.29, 1.82) is 0 Å². The van der Waals surface area contributed by atoms with Crippen LogP contribution in [-0.4, -0.2) is 15.8 Å². The molecule has 1 fully saturated rings. The van der Waals surface area contributed by atoms with Gasteiger partial charge in [0.1, 0.15) is 5.01 Å². The summed E-state index contributed by atoms with van der Waals surface area (Å²) in [6, 6.07) is 1.99. The van der Waals surface area contributed by atoms with E-state index in [9.17, 15) is 4.79 Å². The molecule has 4 heteroatoms. The van der Waals surface area contributed by atoms with Crippen LogP contribution in [0.3, 0.4) is 0 Å². The Kier molecular flexibility index (Phi) is 3.01. The fraction of sp³-hybridized carbons (Fsp3) is 0.600. The van der Waals surface area contributed by atoms with Gasteiger partial charge in [-0.1, -0.05) is 27.2 Å². The number of aromatic nitrogens is 2. The van der Waals surface area contributed by atoms with E-state index in [2.05, 4.69) is 25.3 Å². The zero-order valence-electron chi connectivity index (χ0n) is 11.8. The van der Waals surface area contributed by atoms with Crippen LogP contribution in [-0.2, 0) is 12.0 Å². The number of nitrogens with zero attached hydrogens (tertiary/aromatic N) is 2. The molecule has 0 atom stereocenters. The smallest absolute Gasteiger partial charge is 0.166 e. The molecule has 0 amide bonds. The second-order valence-corrected chi connectivity index (χ2v) is 7.58. The molecular formula is C15H20N2OS. The van der Waals surface area contributed by atoms with E-state index in [1.165, 1.54) is 19.3 Å². The first kappa shape index (κ1) is 12.9. The van der Waals surface area contributed by atoms with Crippen LogP contribution in [0, 0.1) is 5.92 Å². The number of fused-ring (bicyclic) bond motifs is 1. The minimum Gasteiger partial charge on any atom is -0.322 e. The maximum absolute atomic E-state index is 11.2. The van der Waals surface area contributed by atoms with Crippen molar-refractivity contribution in [3.63, 3.8) is 0 Å². The third-order valence-corrected chi connectivity index (χ3v) is 5.33. The van der Waals surface area contributed by atoms with Crippen LogP contribution in [0.15, 0.2) is 6.07 Å². The molecule has 1 saturated carbocycles. The Bertz CT molecular complexity index is 614. The maximum atomic E-state index is 11.2. The Balaban J connectivity index is 2.05. The first-order chi connectivity index (χ1) is 8.99. The Morgan fingerprint density at radius 2 is 2.21 bits per heavy atom. The third-order valence-electron chi connectivity index (χ3n) is 3.91. The normalized spacial score (nSPS) is 16.8. The Labute approximate surface area is 117 Å². The van der Waals surface area contributed by atoms with Gasteiger partial charge in [-0.3, -0.25) is 4.79 Å². The summed E-state index contributed by atoms with van der Waals surface area (Å²) in [5.41, 5.74) is 1.86. The standard InChI is InChI=1S/C15H20N2OS/c1-15(2,3)14-16-13-12(19-14)7-11(9-18)17(13)8-10-5-4-6-10/h7,9-10H,4-6,8H2,1-3H3. The van der Waals surface area contributed by atoms with Gasteiger partial charge in [0.25, 0.3) is 0 Å². The van der Waals surface area contributed by atoms with E-state index in [1.807, 2.05) is 6.07 Å². The summed E-state index contributed by atoms with van der Waals surface area (Å²) in [4.78, 5) is 16.0. The summed E-state index contributed by atoms with van der Waals surface area (Å²) in [5.74, 6) is 0.731. The highest BCUT2D eigenvalue weighted by Crippen LogP contribution is 2.35. The number of rotatable bonds is 3. The third kappa shape index (κ3) is 2.22. The molecule has 0 bridgehead atoms. The summed E-state index contributed by atoms with van der Waals surface area (Å²) in [6.45, 7) is 7.50. The predicted octanol–water partition coefficient (Wildman–Crippen LogP) is 4.01. The van der Waals surface area contributed by atoms with Gasteiger partial charge in [-0.2, -0.15) is 0 Å². The van der Waals surface area contributed by atoms with E-state index in [-0.39, 0.29) is 5.41 Å². The Morgan fingerprint density at radius 3 is 2.74 bits per heavy atom. The van der Waals surface area contributed by atoms with E-state index in [1.54, 1.807) is 11.3 Å². The lowest BCUT2D eigenvalue weighted by Gasteiger charge is -2.26. The highest BCUT2D eigenvalue weighted by Gasteiger charge is 2.24. The molecule has 2 heterocycles. The molecule has 0 aromatic carbocycles. The van der Waals surface area contributed by atoms with Crippen LogP contribution >= 0.6 is 11.3 Å². The number of aldehydes is 1. The van der Waals surface area contributed by atoms with E-state index < -0.39 is 0 Å². The molecule has 0 radical (unpaired) electrons. The lowest BCUT2D eigenvalue weighted by atomic mass is 9.85. The largest absolute Gasteiger partial charge is 0.322 e. The molecular weight excluding hydrogens is 256 g/mol. The number of thiazole rings is 1. The van der Waals surface area contributed by atoms with Gasteiger partial charge in [0, 0.05) is 12.0 Å². The maximum Gasteiger partial charge on any atom is 0.166 e. The van der Waals surface area contributed by atoms with Gasteiger partial charge in [0.05, 0.1) is 10.4 Å². The minimum atomic E-state index is 0.0757. The zero-order chi connectivity index (χ0) is 13.6. The van der Waals surface area contributed by atoms with E-state index >= 15 is 0 Å². The van der Waals surface area contributed by atoms with Crippen LogP contribution in [0.1, 0.15) is 55.5 Å². The molecule has 102 valence electrons. The van der Waals surface area contributed by atoms with Crippen molar-refractivity contribution in [2.24, 2.45) is 5.92 Å². The van der Waals surface area contributed by atoms with Gasteiger partial charge in [-0.25, -0.2) is 4.98 Å². The van der Waals surface area contributed by atoms with E-state index in [0.29, 0.717) is 0 Å². The lowest BCUT2D eigenvalue weighted by Crippen LogP contribution is -2.19. The van der Waals surface area contributed by atoms with Crippen molar-refractivity contribution in [3.8, 4) is 0 Å². The van der Waals surface area contributed by atoms with Gasteiger partial charge in [0.2, 0.25) is 0 Å². The van der Waals surface area contributed by atoms with Crippen LogP contribution in [0.2, 0.25) is 0 Å². The first-order valence-corrected chi connectivity index (χ1v) is 7.76. The molecule has 1 aliphatic carbocycles. The molecule has 2 aromatic heterocycles. The minimum absolute atomic E-state index is 0.0757. The molecule has 0 spiro atoms. The van der Waals surface area contributed by atoms with E-state index in [4.69, 9.17) is 4.98 Å². The topological polar surface area (TPSA) is 34.9 Å². The molecule has 0 N–H and O–H groups in total. The van der Waals surface area contributed by atoms with Crippen LogP contribution < -0.4 is 0 Å². The van der Waals surface area contributed by atoms with Crippen LogP contribution in [0.4, 0.5) is 0 Å². The number of hydrogen-bond donors (Lipinski definition) is 0. The number of hydrogen-bond acceptors (Lipinski definition) is 3. The van der Waals surface area contributed by atoms with Crippen LogP contribution in [0.25, 0.3) is 10.3 Å². The second kappa shape index (κ2) is 4.44. The molecule has 1 aliphatic rings. The van der Waals surface area contributed by atoms with Crippen molar-refractivity contribution >= 4 is 28.0 Å². The molecule has 0 aliphatic heterocycles. The molecule has 0 unspecified atom stereocenters. The quantitative estimate of drug-likeness (QED) is 0.794. The predicted molar refractivity (Wildman–Crippen MR) is 79.0 cm³/mol. The lowest BCUT2D eigenvalue weighted by molar-refractivity contribution is 0.111. The van der Waals surface area contributed by atoms with Crippen molar-refractivity contribution in [1.82, 2.24) is 9.55 Å². The Hall–Kier alpha value is -1.16. The summed E-state index contributed by atoms with van der Waals surface area (Å²) in [5, 5.41) is 1.15. The average Bonchev–Trinajstić information content (AvgIpc) is 2.79. The molecule has 0 saturated heterocycles. The average molecular weight is 276 g/mol. The Morgan fingerprint density at radius 1 is 1.47 bits per heavy atom. The van der Waals surface area contributed by atoms with Crippen LogP contribution in [0.5, 0.6) is 0 Å². The second-order valence-electron chi connectivity index (χ2n) is 6.55. The SMILES string of the molecule is CC(C)(C)c1nc2c(cc(C=O)n2CC2CCC2)s1. The number of carbonyl (C=O) groups excluding carboxylic acids is 1. The van der Waals surface area contributed by atoms with Crippen molar-refractivity contribution in [2.45, 2.75) is 52.0 Å². The van der Waals surface area contributed by atoms with Gasteiger partial charge in [0.15, 0.2) is 11.9 Å². The summed E-state index contributed by atoms with van der Waals surface area (Å²) < 4.78 is 3.27. The summed E-state index contributed by atoms with van der Waals surface area (Å²) in [7, 11) is 0. The molecule has 3 nitrogen and oxygen atoms in total. The molecule has 3 rings (SSSR count). The van der Waals surface area contributed by atoms with Crippen molar-refractivity contribution < 1.29 is 4.79 Å². The van der Waals surface area contributed by atoms with Crippen molar-refractivity contribution in [3.05, 3.63) is 16.8 Å². The monoisotopic (exact) mass is 276 g/mol. The first-order valence-electron chi connectivity index (χ1n) is 6.95. The zero-order valence-corrected chi connectivity index (χ0v) is 12.6. The molecule has 19 heavy (non-hydrogen) atoms. The fourth-order valence-electron chi connectivity index (χ4n) is 2.49. The van der Waals surface area contributed by atoms with Gasteiger partial charge >= 0.3 is 0 Å². The van der Waals surface area contributed by atoms with Gasteiger partial charge in [-0.05, 0) is 24.8 Å². The number of carbonyl (C=O) groups is 1. The van der Waals surface area contributed by atoms with Gasteiger partial charge in [-0.15, -0.1) is 11.3 Å². The van der Waals surface area contributed by atoms with Crippen molar-refractivity contribution in [2.75, 3.05) is 0 Å². The van der Waals surface area contributed by atoms with E-state index in [0.717, 1.165) is 39.8 Å². The molecule has 2 aromatic rings.